The maximum atomic E-state index is 13.3. The summed E-state index contributed by atoms with van der Waals surface area (Å²) in [6.45, 7) is 2.40. The Morgan fingerprint density at radius 1 is 1.53 bits per heavy atom. The van der Waals surface area contributed by atoms with Crippen molar-refractivity contribution in [3.8, 4) is 5.75 Å². The van der Waals surface area contributed by atoms with Crippen LogP contribution in [0, 0.1) is 11.7 Å². The van der Waals surface area contributed by atoms with Crippen molar-refractivity contribution in [1.82, 2.24) is 10.2 Å². The molecule has 0 aromatic heterocycles. The molecular formula is C14H19FN2O2. The predicted molar refractivity (Wildman–Crippen MR) is 70.5 cm³/mol. The highest BCUT2D eigenvalue weighted by molar-refractivity contribution is 5.79. The first-order valence-electron chi connectivity index (χ1n) is 6.51. The van der Waals surface area contributed by atoms with Crippen LogP contribution in [0.5, 0.6) is 5.75 Å². The Labute approximate surface area is 112 Å². The molecular weight excluding hydrogens is 247 g/mol. The number of carbonyl (C=O) groups excluding carboxylic acids is 1. The molecule has 1 aliphatic rings. The Bertz CT molecular complexity index is 433. The quantitative estimate of drug-likeness (QED) is 0.872. The van der Waals surface area contributed by atoms with Crippen molar-refractivity contribution in [2.24, 2.45) is 5.92 Å². The van der Waals surface area contributed by atoms with Gasteiger partial charge >= 0.3 is 0 Å². The molecule has 0 radical (unpaired) electrons. The topological polar surface area (TPSA) is 41.6 Å². The lowest BCUT2D eigenvalue weighted by molar-refractivity contribution is -0.133. The van der Waals surface area contributed by atoms with E-state index in [2.05, 4.69) is 5.32 Å². The summed E-state index contributed by atoms with van der Waals surface area (Å²) < 4.78 is 18.6. The van der Waals surface area contributed by atoms with Crippen molar-refractivity contribution in [2.45, 2.75) is 6.42 Å². The molecule has 4 nitrogen and oxygen atoms in total. The second-order valence-corrected chi connectivity index (χ2v) is 4.73. The maximum Gasteiger partial charge on any atom is 0.226 e. The molecule has 1 N–H and O–H groups in total. The summed E-state index contributed by atoms with van der Waals surface area (Å²) in [5, 5.41) is 3.17. The molecule has 2 rings (SSSR count). The summed E-state index contributed by atoms with van der Waals surface area (Å²) in [7, 11) is 1.76. The molecule has 0 aliphatic carbocycles. The zero-order chi connectivity index (χ0) is 13.7. The van der Waals surface area contributed by atoms with E-state index in [4.69, 9.17) is 4.74 Å². The van der Waals surface area contributed by atoms with Gasteiger partial charge in [0.2, 0.25) is 5.91 Å². The van der Waals surface area contributed by atoms with E-state index in [0.717, 1.165) is 19.5 Å². The number of para-hydroxylation sites is 1. The van der Waals surface area contributed by atoms with Crippen LogP contribution in [0.2, 0.25) is 0 Å². The van der Waals surface area contributed by atoms with Gasteiger partial charge in [-0.2, -0.15) is 0 Å². The highest BCUT2D eigenvalue weighted by Crippen LogP contribution is 2.15. The maximum absolute atomic E-state index is 13.3. The van der Waals surface area contributed by atoms with Gasteiger partial charge in [0.05, 0.1) is 12.5 Å². The van der Waals surface area contributed by atoms with Crippen LogP contribution < -0.4 is 10.1 Å². The Hall–Kier alpha value is -1.62. The van der Waals surface area contributed by atoms with E-state index in [1.165, 1.54) is 6.07 Å². The molecule has 0 unspecified atom stereocenters. The molecule has 1 aromatic carbocycles. The second-order valence-electron chi connectivity index (χ2n) is 4.73. The van der Waals surface area contributed by atoms with E-state index in [1.807, 2.05) is 0 Å². The van der Waals surface area contributed by atoms with E-state index in [-0.39, 0.29) is 23.4 Å². The zero-order valence-electron chi connectivity index (χ0n) is 11.1. The third-order valence-electron chi connectivity index (χ3n) is 3.31. The van der Waals surface area contributed by atoms with Gasteiger partial charge in [-0.3, -0.25) is 4.79 Å². The number of likely N-dealkylation sites (N-methyl/N-ethyl adjacent to an activating group) is 1. The van der Waals surface area contributed by atoms with Crippen molar-refractivity contribution < 1.29 is 13.9 Å². The smallest absolute Gasteiger partial charge is 0.226 e. The SMILES string of the molecule is CN(CCOc1ccccc1F)C(=O)[C@H]1CCNC1. The van der Waals surface area contributed by atoms with Gasteiger partial charge in [0.25, 0.3) is 0 Å². The number of ether oxygens (including phenoxy) is 1. The number of nitrogens with one attached hydrogen (secondary N) is 1. The van der Waals surface area contributed by atoms with Crippen molar-refractivity contribution in [1.29, 1.82) is 0 Å². The Morgan fingerprint density at radius 3 is 3.00 bits per heavy atom. The summed E-state index contributed by atoms with van der Waals surface area (Å²) in [4.78, 5) is 13.7. The van der Waals surface area contributed by atoms with E-state index in [1.54, 1.807) is 30.1 Å². The van der Waals surface area contributed by atoms with Gasteiger partial charge in [0.1, 0.15) is 6.61 Å². The fourth-order valence-electron chi connectivity index (χ4n) is 2.14. The van der Waals surface area contributed by atoms with Gasteiger partial charge in [-0.25, -0.2) is 4.39 Å². The lowest BCUT2D eigenvalue weighted by Gasteiger charge is -2.20. The summed E-state index contributed by atoms with van der Waals surface area (Å²) in [5.41, 5.74) is 0. The van der Waals surface area contributed by atoms with Crippen molar-refractivity contribution in [3.63, 3.8) is 0 Å². The van der Waals surface area contributed by atoms with Gasteiger partial charge in [0, 0.05) is 13.6 Å². The molecule has 1 saturated heterocycles. The van der Waals surface area contributed by atoms with E-state index < -0.39 is 0 Å². The third-order valence-corrected chi connectivity index (χ3v) is 3.31. The molecule has 1 aromatic rings. The summed E-state index contributed by atoms with van der Waals surface area (Å²) >= 11 is 0. The number of carbonyl (C=O) groups is 1. The van der Waals surface area contributed by atoms with Crippen LogP contribution in [0.25, 0.3) is 0 Å². The second kappa shape index (κ2) is 6.52. The third kappa shape index (κ3) is 3.67. The molecule has 0 spiro atoms. The van der Waals surface area contributed by atoms with Crippen LogP contribution in [0.15, 0.2) is 24.3 Å². The molecule has 1 amide bonds. The fourth-order valence-corrected chi connectivity index (χ4v) is 2.14. The first-order chi connectivity index (χ1) is 9.18. The largest absolute Gasteiger partial charge is 0.489 e. The number of hydrogen-bond acceptors (Lipinski definition) is 3. The molecule has 104 valence electrons. The number of nitrogens with zero attached hydrogens (tertiary/aromatic N) is 1. The number of benzene rings is 1. The number of rotatable bonds is 5. The van der Waals surface area contributed by atoms with Crippen LogP contribution >= 0.6 is 0 Å². The summed E-state index contributed by atoms with van der Waals surface area (Å²) in [6.07, 6.45) is 0.886. The van der Waals surface area contributed by atoms with Gasteiger partial charge in [0.15, 0.2) is 11.6 Å². The lowest BCUT2D eigenvalue weighted by atomic mass is 10.1. The Kier molecular flexibility index (Phi) is 4.74. The normalized spacial score (nSPS) is 18.3. The van der Waals surface area contributed by atoms with Gasteiger partial charge in [-0.1, -0.05) is 12.1 Å². The molecule has 1 aliphatic heterocycles. The van der Waals surface area contributed by atoms with Gasteiger partial charge in [-0.15, -0.1) is 0 Å². The number of halogens is 1. The molecule has 5 heteroatoms. The van der Waals surface area contributed by atoms with Crippen LogP contribution in [0.4, 0.5) is 4.39 Å². The van der Waals surface area contributed by atoms with Crippen LogP contribution in [-0.4, -0.2) is 44.1 Å². The van der Waals surface area contributed by atoms with Gasteiger partial charge in [-0.05, 0) is 25.1 Å². The van der Waals surface area contributed by atoms with Crippen molar-refractivity contribution in [3.05, 3.63) is 30.1 Å². The molecule has 19 heavy (non-hydrogen) atoms. The molecule has 1 fully saturated rings. The first-order valence-corrected chi connectivity index (χ1v) is 6.51. The Balaban J connectivity index is 1.76. The average molecular weight is 266 g/mol. The molecule has 1 atom stereocenters. The van der Waals surface area contributed by atoms with Crippen LogP contribution in [0.3, 0.4) is 0 Å². The summed E-state index contributed by atoms with van der Waals surface area (Å²) in [6, 6.07) is 6.27. The highest BCUT2D eigenvalue weighted by atomic mass is 19.1. The van der Waals surface area contributed by atoms with E-state index >= 15 is 0 Å². The lowest BCUT2D eigenvalue weighted by Crippen LogP contribution is -2.36. The highest BCUT2D eigenvalue weighted by Gasteiger charge is 2.24. The minimum absolute atomic E-state index is 0.0680. The molecule has 0 saturated carbocycles. The predicted octanol–water partition coefficient (Wildman–Crippen LogP) is 1.27. The zero-order valence-corrected chi connectivity index (χ0v) is 11.1. The first kappa shape index (κ1) is 13.8. The minimum atomic E-state index is -0.378. The van der Waals surface area contributed by atoms with E-state index in [0.29, 0.717) is 13.2 Å². The van der Waals surface area contributed by atoms with Crippen molar-refractivity contribution in [2.75, 3.05) is 33.3 Å². The average Bonchev–Trinajstić information content (AvgIpc) is 2.94. The van der Waals surface area contributed by atoms with E-state index in [9.17, 15) is 9.18 Å². The number of hydrogen-bond donors (Lipinski definition) is 1. The Morgan fingerprint density at radius 2 is 2.32 bits per heavy atom. The van der Waals surface area contributed by atoms with Crippen LogP contribution in [-0.2, 0) is 4.79 Å². The standard InChI is InChI=1S/C14H19FN2O2/c1-17(14(18)11-6-7-16-10-11)8-9-19-13-5-3-2-4-12(13)15/h2-5,11,16H,6-10H2,1H3/t11-/m0/s1. The van der Waals surface area contributed by atoms with Gasteiger partial charge < -0.3 is 15.0 Å². The molecule has 1 heterocycles. The fraction of sp³-hybridized carbons (Fsp3) is 0.500. The minimum Gasteiger partial charge on any atom is -0.489 e. The molecule has 0 bridgehead atoms. The summed E-state index contributed by atoms with van der Waals surface area (Å²) in [5.74, 6) is 0.0444. The van der Waals surface area contributed by atoms with Crippen LogP contribution in [0.1, 0.15) is 6.42 Å². The van der Waals surface area contributed by atoms with Crippen molar-refractivity contribution >= 4 is 5.91 Å². The number of amides is 1. The monoisotopic (exact) mass is 266 g/mol.